The number of carbonyl (C=O) groups excluding carboxylic acids is 1. The topological polar surface area (TPSA) is 26.3 Å². The minimum absolute atomic E-state index is 0.401. The Morgan fingerprint density at radius 1 is 1.43 bits per heavy atom. The van der Waals surface area contributed by atoms with E-state index in [0.717, 1.165) is 6.42 Å². The first kappa shape index (κ1) is 11.1. The average molecular weight is 208 g/mol. The summed E-state index contributed by atoms with van der Waals surface area (Å²) in [6.07, 6.45) is 1.06. The molecular formula is C9H11F3O2. The predicted octanol–water partition coefficient (Wildman–Crippen LogP) is 2.45. The Labute approximate surface area is 79.7 Å². The standard InChI is InChI=1S/C9H11F3O2/c10-9(11,12)6-14-8(13)7-4-2-1-3-5-7/h1-2,7H,3-6H2. The van der Waals surface area contributed by atoms with Crippen LogP contribution in [-0.4, -0.2) is 18.8 Å². The molecule has 1 aliphatic carbocycles. The van der Waals surface area contributed by atoms with Crippen molar-refractivity contribution in [3.63, 3.8) is 0 Å². The largest absolute Gasteiger partial charge is 0.456 e. The van der Waals surface area contributed by atoms with Crippen LogP contribution in [-0.2, 0) is 9.53 Å². The second-order valence-corrected chi connectivity index (χ2v) is 3.20. The van der Waals surface area contributed by atoms with Crippen LogP contribution in [0.15, 0.2) is 12.2 Å². The van der Waals surface area contributed by atoms with E-state index in [-0.39, 0.29) is 0 Å². The lowest BCUT2D eigenvalue weighted by Crippen LogP contribution is -2.25. The van der Waals surface area contributed by atoms with Gasteiger partial charge in [0.15, 0.2) is 6.61 Å². The fourth-order valence-corrected chi connectivity index (χ4v) is 1.28. The monoisotopic (exact) mass is 208 g/mol. The molecule has 1 unspecified atom stereocenters. The first-order valence-electron chi connectivity index (χ1n) is 4.37. The summed E-state index contributed by atoms with van der Waals surface area (Å²) in [4.78, 5) is 11.1. The maximum Gasteiger partial charge on any atom is 0.422 e. The summed E-state index contributed by atoms with van der Waals surface area (Å²) < 4.78 is 39.2. The van der Waals surface area contributed by atoms with Crippen molar-refractivity contribution in [1.29, 1.82) is 0 Å². The third kappa shape index (κ3) is 3.81. The van der Waals surface area contributed by atoms with E-state index >= 15 is 0 Å². The van der Waals surface area contributed by atoms with Crippen LogP contribution < -0.4 is 0 Å². The van der Waals surface area contributed by atoms with E-state index in [1.807, 2.05) is 6.08 Å². The van der Waals surface area contributed by atoms with Gasteiger partial charge in [-0.15, -0.1) is 0 Å². The number of hydrogen-bond donors (Lipinski definition) is 0. The molecule has 14 heavy (non-hydrogen) atoms. The summed E-state index contributed by atoms with van der Waals surface area (Å²) in [5.74, 6) is -1.14. The van der Waals surface area contributed by atoms with E-state index in [2.05, 4.69) is 4.74 Å². The lowest BCUT2D eigenvalue weighted by Gasteiger charge is -2.16. The maximum atomic E-state index is 11.7. The second-order valence-electron chi connectivity index (χ2n) is 3.20. The third-order valence-electron chi connectivity index (χ3n) is 1.98. The van der Waals surface area contributed by atoms with Crippen molar-refractivity contribution >= 4 is 5.97 Å². The van der Waals surface area contributed by atoms with E-state index in [0.29, 0.717) is 12.8 Å². The Morgan fingerprint density at radius 3 is 2.64 bits per heavy atom. The van der Waals surface area contributed by atoms with Gasteiger partial charge < -0.3 is 4.74 Å². The molecule has 0 spiro atoms. The van der Waals surface area contributed by atoms with Crippen LogP contribution in [0.2, 0.25) is 0 Å². The highest BCUT2D eigenvalue weighted by Crippen LogP contribution is 2.21. The van der Waals surface area contributed by atoms with E-state index in [4.69, 9.17) is 0 Å². The fraction of sp³-hybridized carbons (Fsp3) is 0.667. The van der Waals surface area contributed by atoms with Crippen molar-refractivity contribution in [2.24, 2.45) is 5.92 Å². The fourth-order valence-electron chi connectivity index (χ4n) is 1.28. The molecule has 0 N–H and O–H groups in total. The number of allylic oxidation sites excluding steroid dienone is 2. The lowest BCUT2D eigenvalue weighted by molar-refractivity contribution is -0.189. The molecule has 0 bridgehead atoms. The Morgan fingerprint density at radius 2 is 2.14 bits per heavy atom. The van der Waals surface area contributed by atoms with Gasteiger partial charge in [0.2, 0.25) is 0 Å². The van der Waals surface area contributed by atoms with Crippen molar-refractivity contribution in [3.8, 4) is 0 Å². The summed E-state index contributed by atoms with van der Waals surface area (Å²) in [6.45, 7) is -1.48. The quantitative estimate of drug-likeness (QED) is 0.514. The molecule has 0 aromatic carbocycles. The number of hydrogen-bond acceptors (Lipinski definition) is 2. The molecule has 1 aliphatic rings. The number of esters is 1. The van der Waals surface area contributed by atoms with Gasteiger partial charge >= 0.3 is 12.1 Å². The van der Waals surface area contributed by atoms with Crippen LogP contribution in [0, 0.1) is 5.92 Å². The molecule has 0 saturated heterocycles. The van der Waals surface area contributed by atoms with Crippen molar-refractivity contribution in [2.75, 3.05) is 6.61 Å². The molecule has 1 atom stereocenters. The molecule has 2 nitrogen and oxygen atoms in total. The summed E-state index contributed by atoms with van der Waals surface area (Å²) in [6, 6.07) is 0. The van der Waals surface area contributed by atoms with Gasteiger partial charge in [0, 0.05) is 0 Å². The number of ether oxygens (including phenoxy) is 1. The minimum atomic E-state index is -4.43. The van der Waals surface area contributed by atoms with Gasteiger partial charge in [-0.25, -0.2) is 0 Å². The SMILES string of the molecule is O=C(OCC(F)(F)F)C1CC=CCC1. The van der Waals surface area contributed by atoms with Gasteiger partial charge in [0.1, 0.15) is 0 Å². The van der Waals surface area contributed by atoms with E-state index in [1.165, 1.54) is 0 Å². The van der Waals surface area contributed by atoms with Gasteiger partial charge in [-0.2, -0.15) is 13.2 Å². The van der Waals surface area contributed by atoms with Gasteiger partial charge in [-0.1, -0.05) is 12.2 Å². The Bertz CT molecular complexity index is 233. The predicted molar refractivity (Wildman–Crippen MR) is 43.5 cm³/mol. The van der Waals surface area contributed by atoms with Crippen LogP contribution in [0.5, 0.6) is 0 Å². The summed E-state index contributed by atoms with van der Waals surface area (Å²) in [5, 5.41) is 0. The molecule has 0 aliphatic heterocycles. The molecule has 0 aromatic rings. The zero-order valence-corrected chi connectivity index (χ0v) is 7.51. The summed E-state index contributed by atoms with van der Waals surface area (Å²) in [7, 11) is 0. The molecule has 5 heteroatoms. The van der Waals surface area contributed by atoms with Crippen LogP contribution in [0.25, 0.3) is 0 Å². The normalized spacial score (nSPS) is 22.1. The van der Waals surface area contributed by atoms with Crippen LogP contribution >= 0.6 is 0 Å². The Balaban J connectivity index is 2.31. The van der Waals surface area contributed by atoms with Crippen molar-refractivity contribution < 1.29 is 22.7 Å². The first-order chi connectivity index (χ1) is 6.49. The van der Waals surface area contributed by atoms with E-state index in [1.54, 1.807) is 6.08 Å². The lowest BCUT2D eigenvalue weighted by atomic mass is 9.95. The van der Waals surface area contributed by atoms with Crippen LogP contribution in [0.1, 0.15) is 19.3 Å². The molecule has 0 saturated carbocycles. The average Bonchev–Trinajstić information content (AvgIpc) is 2.14. The molecule has 0 radical (unpaired) electrons. The third-order valence-corrected chi connectivity index (χ3v) is 1.98. The van der Waals surface area contributed by atoms with E-state index in [9.17, 15) is 18.0 Å². The molecule has 0 heterocycles. The summed E-state index contributed by atoms with van der Waals surface area (Å²) in [5.41, 5.74) is 0. The second kappa shape index (κ2) is 4.48. The van der Waals surface area contributed by atoms with Crippen molar-refractivity contribution in [2.45, 2.75) is 25.4 Å². The molecule has 80 valence electrons. The summed E-state index contributed by atoms with van der Waals surface area (Å²) >= 11 is 0. The number of carbonyl (C=O) groups is 1. The number of alkyl halides is 3. The van der Waals surface area contributed by atoms with Crippen LogP contribution in [0.3, 0.4) is 0 Å². The molecule has 0 amide bonds. The van der Waals surface area contributed by atoms with Crippen LogP contribution in [0.4, 0.5) is 13.2 Å². The van der Waals surface area contributed by atoms with Gasteiger partial charge in [-0.05, 0) is 19.3 Å². The van der Waals surface area contributed by atoms with E-state index < -0.39 is 24.7 Å². The van der Waals surface area contributed by atoms with Gasteiger partial charge in [0.05, 0.1) is 5.92 Å². The molecular weight excluding hydrogens is 197 g/mol. The van der Waals surface area contributed by atoms with Crippen molar-refractivity contribution in [1.82, 2.24) is 0 Å². The highest BCUT2D eigenvalue weighted by atomic mass is 19.4. The zero-order chi connectivity index (χ0) is 10.6. The highest BCUT2D eigenvalue weighted by molar-refractivity contribution is 5.72. The Hall–Kier alpha value is -1.00. The van der Waals surface area contributed by atoms with Gasteiger partial charge in [0.25, 0.3) is 0 Å². The molecule has 0 aromatic heterocycles. The Kier molecular flexibility index (Phi) is 3.55. The smallest absolute Gasteiger partial charge is 0.422 e. The highest BCUT2D eigenvalue weighted by Gasteiger charge is 2.31. The molecule has 1 rings (SSSR count). The zero-order valence-electron chi connectivity index (χ0n) is 7.51. The molecule has 0 fully saturated rings. The first-order valence-corrected chi connectivity index (χ1v) is 4.37. The van der Waals surface area contributed by atoms with Crippen molar-refractivity contribution in [3.05, 3.63) is 12.2 Å². The van der Waals surface area contributed by atoms with Gasteiger partial charge in [-0.3, -0.25) is 4.79 Å². The number of halogens is 3. The minimum Gasteiger partial charge on any atom is -0.456 e. The maximum absolute atomic E-state index is 11.7. The number of rotatable bonds is 2.